The van der Waals surface area contributed by atoms with Gasteiger partial charge in [0.15, 0.2) is 0 Å². The van der Waals surface area contributed by atoms with Crippen molar-refractivity contribution in [2.45, 2.75) is 19.9 Å². The molecule has 9 heavy (non-hydrogen) atoms. The van der Waals surface area contributed by atoms with E-state index in [9.17, 15) is 0 Å². The van der Waals surface area contributed by atoms with E-state index in [1.54, 1.807) is 0 Å². The molecule has 0 aromatic carbocycles. The topological polar surface area (TPSA) is 6.48 Å². The van der Waals surface area contributed by atoms with Crippen LogP contribution in [0.4, 0.5) is 0 Å². The molecule has 0 aromatic rings. The molecule has 0 unspecified atom stereocenters. The smallest absolute Gasteiger partial charge is 0.291 e. The molecule has 0 aromatic heterocycles. The van der Waals surface area contributed by atoms with Crippen LogP contribution in [0, 0.1) is 0 Å². The van der Waals surface area contributed by atoms with E-state index in [4.69, 9.17) is 0 Å². The van der Waals surface area contributed by atoms with E-state index in [2.05, 4.69) is 44.6 Å². The van der Waals surface area contributed by atoms with Crippen LogP contribution in [0.25, 0.3) is 0 Å². The first-order chi connectivity index (χ1) is 4.04. The summed E-state index contributed by atoms with van der Waals surface area (Å²) in [6.07, 6.45) is 0. The van der Waals surface area contributed by atoms with Gasteiger partial charge in [0.1, 0.15) is 0 Å². The van der Waals surface area contributed by atoms with Gasteiger partial charge >= 0.3 is 0 Å². The maximum absolute atomic E-state index is 2.29. The normalized spacial score (nSPS) is 11.6. The SMILES string of the molecule is CC(C)N(C)BN(C)C. The van der Waals surface area contributed by atoms with Crippen LogP contribution in [0.3, 0.4) is 0 Å². The maximum Gasteiger partial charge on any atom is 0.291 e. The van der Waals surface area contributed by atoms with E-state index < -0.39 is 0 Å². The van der Waals surface area contributed by atoms with Crippen molar-refractivity contribution in [2.75, 3.05) is 21.1 Å². The summed E-state index contributed by atoms with van der Waals surface area (Å²) >= 11 is 0. The van der Waals surface area contributed by atoms with Crippen LogP contribution in [-0.4, -0.2) is 44.4 Å². The lowest BCUT2D eigenvalue weighted by molar-refractivity contribution is 0.408. The second-order valence-corrected chi connectivity index (χ2v) is 3.07. The van der Waals surface area contributed by atoms with Gasteiger partial charge in [0.25, 0.3) is 7.55 Å². The van der Waals surface area contributed by atoms with Crippen molar-refractivity contribution in [3.05, 3.63) is 0 Å². The molecule has 0 aliphatic carbocycles. The second-order valence-electron chi connectivity index (χ2n) is 3.07. The first-order valence-corrected chi connectivity index (χ1v) is 3.39. The van der Waals surface area contributed by atoms with Gasteiger partial charge in [-0.2, -0.15) is 0 Å². The summed E-state index contributed by atoms with van der Waals surface area (Å²) in [6, 6.07) is 0.646. The Morgan fingerprint density at radius 2 is 1.56 bits per heavy atom. The Labute approximate surface area is 59.1 Å². The Hall–Kier alpha value is -0.0151. The zero-order valence-corrected chi connectivity index (χ0v) is 7.18. The first kappa shape index (κ1) is 8.98. The third kappa shape index (κ3) is 4.49. The molecule has 0 heterocycles. The molecule has 0 aliphatic rings. The Morgan fingerprint density at radius 1 is 1.11 bits per heavy atom. The van der Waals surface area contributed by atoms with Crippen LogP contribution in [-0.2, 0) is 0 Å². The summed E-state index contributed by atoms with van der Waals surface area (Å²) < 4.78 is 0. The average molecular weight is 128 g/mol. The average Bonchev–Trinajstić information content (AvgIpc) is 1.63. The standard InChI is InChI=1S/C6H17BN2/c1-6(2)9(5)7-8(3)4/h6-7H,1-5H3. The van der Waals surface area contributed by atoms with Gasteiger partial charge in [-0.3, -0.25) is 0 Å². The van der Waals surface area contributed by atoms with Crippen LogP contribution >= 0.6 is 0 Å². The minimum Gasteiger partial charge on any atom is -0.337 e. The second kappa shape index (κ2) is 3.91. The van der Waals surface area contributed by atoms with Crippen molar-refractivity contribution in [1.29, 1.82) is 0 Å². The predicted molar refractivity (Wildman–Crippen MR) is 43.7 cm³/mol. The molecule has 0 radical (unpaired) electrons. The number of nitrogens with zero attached hydrogens (tertiary/aromatic N) is 2. The molecule has 54 valence electrons. The minimum absolute atomic E-state index is 0.646. The zero-order chi connectivity index (χ0) is 7.44. The number of rotatable bonds is 3. The van der Waals surface area contributed by atoms with Gasteiger partial charge in [-0.05, 0) is 27.2 Å². The minimum atomic E-state index is 0.646. The van der Waals surface area contributed by atoms with Gasteiger partial charge in [0.05, 0.1) is 0 Å². The summed E-state index contributed by atoms with van der Waals surface area (Å²) in [6.45, 7) is 4.40. The third-order valence-electron chi connectivity index (χ3n) is 1.39. The molecule has 0 rings (SSSR count). The highest BCUT2D eigenvalue weighted by Crippen LogP contribution is 1.89. The maximum atomic E-state index is 2.29. The molecule has 0 aliphatic heterocycles. The molecule has 0 atom stereocenters. The van der Waals surface area contributed by atoms with E-state index in [1.165, 1.54) is 0 Å². The van der Waals surface area contributed by atoms with E-state index in [0.29, 0.717) is 6.04 Å². The van der Waals surface area contributed by atoms with Crippen molar-refractivity contribution in [1.82, 2.24) is 9.62 Å². The van der Waals surface area contributed by atoms with Crippen molar-refractivity contribution in [3.8, 4) is 0 Å². The lowest BCUT2D eigenvalue weighted by atomic mass is 10.1. The van der Waals surface area contributed by atoms with Gasteiger partial charge in [-0.15, -0.1) is 0 Å². The fourth-order valence-electron chi connectivity index (χ4n) is 0.609. The van der Waals surface area contributed by atoms with E-state index >= 15 is 0 Å². The zero-order valence-electron chi connectivity index (χ0n) is 7.18. The summed E-state index contributed by atoms with van der Waals surface area (Å²) in [5.74, 6) is 0. The highest BCUT2D eigenvalue weighted by molar-refractivity contribution is 6.28. The van der Waals surface area contributed by atoms with Crippen LogP contribution in [0.1, 0.15) is 13.8 Å². The monoisotopic (exact) mass is 128 g/mol. The van der Waals surface area contributed by atoms with Gasteiger partial charge in [-0.1, -0.05) is 13.8 Å². The fourth-order valence-corrected chi connectivity index (χ4v) is 0.609. The highest BCUT2D eigenvalue weighted by Gasteiger charge is 2.04. The third-order valence-corrected chi connectivity index (χ3v) is 1.39. The molecule has 0 bridgehead atoms. The van der Waals surface area contributed by atoms with Crippen molar-refractivity contribution in [2.24, 2.45) is 0 Å². The van der Waals surface area contributed by atoms with Gasteiger partial charge < -0.3 is 9.62 Å². The van der Waals surface area contributed by atoms with Gasteiger partial charge in [-0.25, -0.2) is 0 Å². The largest absolute Gasteiger partial charge is 0.337 e. The number of hydrogen-bond donors (Lipinski definition) is 0. The summed E-state index contributed by atoms with van der Waals surface area (Å²) in [5.41, 5.74) is 0. The van der Waals surface area contributed by atoms with Crippen LogP contribution in [0.2, 0.25) is 0 Å². The molecule has 0 fully saturated rings. The van der Waals surface area contributed by atoms with Crippen molar-refractivity contribution < 1.29 is 0 Å². The summed E-state index contributed by atoms with van der Waals surface area (Å²) in [4.78, 5) is 4.46. The Bertz CT molecular complexity index is 73.5. The highest BCUT2D eigenvalue weighted by atomic mass is 15.2. The molecule has 0 saturated carbocycles. The van der Waals surface area contributed by atoms with Gasteiger partial charge in [0, 0.05) is 0 Å². The summed E-state index contributed by atoms with van der Waals surface area (Å²) in [5, 5.41) is 0. The van der Waals surface area contributed by atoms with E-state index in [0.717, 1.165) is 7.55 Å². The predicted octanol–water partition coefficient (Wildman–Crippen LogP) is 0.155. The Kier molecular flexibility index (Phi) is 3.90. The first-order valence-electron chi connectivity index (χ1n) is 3.39. The molecular formula is C6H17BN2. The van der Waals surface area contributed by atoms with Crippen LogP contribution in [0.15, 0.2) is 0 Å². The lowest BCUT2D eigenvalue weighted by Gasteiger charge is -2.22. The molecule has 0 saturated heterocycles. The van der Waals surface area contributed by atoms with Crippen LogP contribution < -0.4 is 0 Å². The van der Waals surface area contributed by atoms with Crippen molar-refractivity contribution in [3.63, 3.8) is 0 Å². The molecule has 0 amide bonds. The fraction of sp³-hybridized carbons (Fsp3) is 1.00. The van der Waals surface area contributed by atoms with E-state index in [-0.39, 0.29) is 0 Å². The molecular weight excluding hydrogens is 111 g/mol. The Balaban J connectivity index is 3.38. The Morgan fingerprint density at radius 3 is 1.67 bits per heavy atom. The van der Waals surface area contributed by atoms with Crippen molar-refractivity contribution >= 4 is 7.55 Å². The molecule has 3 heteroatoms. The summed E-state index contributed by atoms with van der Waals surface area (Å²) in [7, 11) is 7.33. The number of hydrogen-bond acceptors (Lipinski definition) is 2. The quantitative estimate of drug-likeness (QED) is 0.499. The van der Waals surface area contributed by atoms with E-state index in [1.807, 2.05) is 0 Å². The molecule has 0 N–H and O–H groups in total. The van der Waals surface area contributed by atoms with Crippen LogP contribution in [0.5, 0.6) is 0 Å². The lowest BCUT2D eigenvalue weighted by Crippen LogP contribution is -2.38. The molecule has 2 nitrogen and oxygen atoms in total. The molecule has 0 spiro atoms. The van der Waals surface area contributed by atoms with Gasteiger partial charge in [0.2, 0.25) is 0 Å².